The molecule has 0 aromatic heterocycles. The van der Waals surface area contributed by atoms with Crippen molar-refractivity contribution in [2.24, 2.45) is 5.41 Å². The molecule has 0 spiro atoms. The average molecular weight is 308 g/mol. The van der Waals surface area contributed by atoms with Crippen LogP contribution in [0.25, 0.3) is 0 Å². The van der Waals surface area contributed by atoms with Gasteiger partial charge >= 0.3 is 0 Å². The zero-order chi connectivity index (χ0) is 16.3. The monoisotopic (exact) mass is 308 g/mol. The van der Waals surface area contributed by atoms with Crippen molar-refractivity contribution in [3.63, 3.8) is 0 Å². The topological polar surface area (TPSA) is 41.6 Å². The molecule has 1 aromatic carbocycles. The minimum absolute atomic E-state index is 0.0699. The molecule has 1 aliphatic rings. The summed E-state index contributed by atoms with van der Waals surface area (Å²) in [5, 5.41) is 3.28. The van der Waals surface area contributed by atoms with Crippen LogP contribution in [0.5, 0.6) is 5.75 Å². The van der Waals surface area contributed by atoms with Gasteiger partial charge in [0.15, 0.2) is 0 Å². The van der Waals surface area contributed by atoms with Crippen molar-refractivity contribution < 1.29 is 13.9 Å². The maximum absolute atomic E-state index is 13.8. The summed E-state index contributed by atoms with van der Waals surface area (Å²) in [7, 11) is 1.56. The van der Waals surface area contributed by atoms with E-state index >= 15 is 0 Å². The third kappa shape index (κ3) is 4.44. The van der Waals surface area contributed by atoms with Crippen LogP contribution in [0.4, 0.5) is 4.39 Å². The Bertz CT molecular complexity index is 540. The molecule has 0 aliphatic carbocycles. The van der Waals surface area contributed by atoms with Crippen LogP contribution in [0.1, 0.15) is 32.8 Å². The first-order valence-corrected chi connectivity index (χ1v) is 7.62. The number of nitrogens with one attached hydrogen (secondary N) is 1. The fourth-order valence-corrected chi connectivity index (χ4v) is 2.70. The lowest BCUT2D eigenvalue weighted by molar-refractivity contribution is -0.128. The van der Waals surface area contributed by atoms with Gasteiger partial charge < -0.3 is 15.0 Å². The Labute approximate surface area is 131 Å². The second-order valence-corrected chi connectivity index (χ2v) is 7.07. The van der Waals surface area contributed by atoms with E-state index in [0.717, 1.165) is 6.54 Å². The smallest absolute Gasteiger partial charge is 0.224 e. The first kappa shape index (κ1) is 16.7. The van der Waals surface area contributed by atoms with Gasteiger partial charge in [0.2, 0.25) is 5.91 Å². The fraction of sp³-hybridized carbons (Fsp3) is 0.588. The van der Waals surface area contributed by atoms with Crippen molar-refractivity contribution >= 4 is 5.91 Å². The van der Waals surface area contributed by atoms with E-state index in [4.69, 9.17) is 4.74 Å². The molecule has 0 saturated carbocycles. The number of rotatable bonds is 5. The molecule has 1 aromatic rings. The molecule has 4 nitrogen and oxygen atoms in total. The van der Waals surface area contributed by atoms with Gasteiger partial charge in [-0.3, -0.25) is 4.79 Å². The van der Waals surface area contributed by atoms with Gasteiger partial charge in [0.25, 0.3) is 0 Å². The zero-order valence-electron chi connectivity index (χ0n) is 13.8. The van der Waals surface area contributed by atoms with Gasteiger partial charge in [0.1, 0.15) is 11.6 Å². The summed E-state index contributed by atoms with van der Waals surface area (Å²) in [6.07, 6.45) is 0.474. The normalized spacial score (nSPS) is 18.9. The lowest BCUT2D eigenvalue weighted by atomic mass is 9.96. The number of amides is 1. The first-order valence-electron chi connectivity index (χ1n) is 7.62. The summed E-state index contributed by atoms with van der Waals surface area (Å²) >= 11 is 0. The van der Waals surface area contributed by atoms with Gasteiger partial charge in [-0.25, -0.2) is 4.39 Å². The number of likely N-dealkylation sites (tertiary alicyclic amines) is 1. The molecule has 1 fully saturated rings. The zero-order valence-corrected chi connectivity index (χ0v) is 13.8. The number of nitrogens with zero attached hydrogens (tertiary/aromatic N) is 1. The van der Waals surface area contributed by atoms with Crippen molar-refractivity contribution in [2.45, 2.75) is 39.8 Å². The van der Waals surface area contributed by atoms with E-state index in [2.05, 4.69) is 26.1 Å². The minimum Gasteiger partial charge on any atom is -0.497 e. The molecule has 122 valence electrons. The molecule has 1 saturated heterocycles. The largest absolute Gasteiger partial charge is 0.497 e. The Morgan fingerprint density at radius 3 is 2.77 bits per heavy atom. The lowest BCUT2D eigenvalue weighted by Gasteiger charge is -2.26. The average Bonchev–Trinajstić information content (AvgIpc) is 2.76. The molecule has 0 radical (unpaired) electrons. The number of benzene rings is 1. The van der Waals surface area contributed by atoms with Crippen LogP contribution in [-0.2, 0) is 11.3 Å². The Kier molecular flexibility index (Phi) is 5.06. The second kappa shape index (κ2) is 6.65. The maximum atomic E-state index is 13.8. The van der Waals surface area contributed by atoms with E-state index in [1.807, 2.05) is 4.90 Å². The Morgan fingerprint density at radius 1 is 1.41 bits per heavy atom. The van der Waals surface area contributed by atoms with Crippen LogP contribution in [0.2, 0.25) is 0 Å². The van der Waals surface area contributed by atoms with Gasteiger partial charge in [0.05, 0.1) is 7.11 Å². The number of hydrogen-bond acceptors (Lipinski definition) is 3. The second-order valence-electron chi connectivity index (χ2n) is 7.07. The SMILES string of the molecule is COc1ccc(F)c(CNC2CC(=O)N(CC(C)(C)C)C2)c1. The van der Waals surface area contributed by atoms with E-state index in [1.54, 1.807) is 19.2 Å². The number of halogens is 1. The van der Waals surface area contributed by atoms with Crippen LogP contribution >= 0.6 is 0 Å². The molecule has 22 heavy (non-hydrogen) atoms. The van der Waals surface area contributed by atoms with Crippen molar-refractivity contribution in [3.05, 3.63) is 29.6 Å². The Morgan fingerprint density at radius 2 is 2.14 bits per heavy atom. The van der Waals surface area contributed by atoms with Crippen molar-refractivity contribution in [2.75, 3.05) is 20.2 Å². The highest BCUT2D eigenvalue weighted by atomic mass is 19.1. The van der Waals surface area contributed by atoms with Crippen LogP contribution in [0.3, 0.4) is 0 Å². The van der Waals surface area contributed by atoms with Crippen LogP contribution in [-0.4, -0.2) is 37.0 Å². The third-order valence-corrected chi connectivity index (χ3v) is 3.71. The summed E-state index contributed by atoms with van der Waals surface area (Å²) in [6, 6.07) is 4.76. The Balaban J connectivity index is 1.92. The maximum Gasteiger partial charge on any atom is 0.224 e. The number of carbonyl (C=O) groups is 1. The standard InChI is InChI=1S/C17H25FN2O2/c1-17(2,3)11-20-10-13(8-16(20)21)19-9-12-7-14(22-4)5-6-15(12)18/h5-7,13,19H,8-11H2,1-4H3. The molecule has 1 N–H and O–H groups in total. The van der Waals surface area contributed by atoms with Crippen LogP contribution < -0.4 is 10.1 Å². The van der Waals surface area contributed by atoms with Crippen molar-refractivity contribution in [3.8, 4) is 5.75 Å². The van der Waals surface area contributed by atoms with Crippen molar-refractivity contribution in [1.82, 2.24) is 10.2 Å². The van der Waals surface area contributed by atoms with Gasteiger partial charge in [-0.2, -0.15) is 0 Å². The highest BCUT2D eigenvalue weighted by molar-refractivity contribution is 5.79. The summed E-state index contributed by atoms with van der Waals surface area (Å²) < 4.78 is 18.9. The van der Waals surface area contributed by atoms with Gasteiger partial charge in [-0.1, -0.05) is 20.8 Å². The molecular formula is C17H25FN2O2. The molecule has 1 heterocycles. The molecule has 2 rings (SSSR count). The number of methoxy groups -OCH3 is 1. The van der Waals surface area contributed by atoms with E-state index in [-0.39, 0.29) is 23.2 Å². The highest BCUT2D eigenvalue weighted by Crippen LogP contribution is 2.21. The van der Waals surface area contributed by atoms with Gasteiger partial charge in [0, 0.05) is 37.7 Å². The quantitative estimate of drug-likeness (QED) is 0.909. The van der Waals surface area contributed by atoms with E-state index in [1.165, 1.54) is 6.07 Å². The predicted molar refractivity (Wildman–Crippen MR) is 84.2 cm³/mol. The molecular weight excluding hydrogens is 283 g/mol. The van der Waals surface area contributed by atoms with E-state index in [9.17, 15) is 9.18 Å². The highest BCUT2D eigenvalue weighted by Gasteiger charge is 2.31. The number of carbonyl (C=O) groups excluding carboxylic acids is 1. The third-order valence-electron chi connectivity index (χ3n) is 3.71. The number of ether oxygens (including phenoxy) is 1. The van der Waals surface area contributed by atoms with Crippen molar-refractivity contribution in [1.29, 1.82) is 0 Å². The lowest BCUT2D eigenvalue weighted by Crippen LogP contribution is -2.36. The van der Waals surface area contributed by atoms with Crippen LogP contribution in [0.15, 0.2) is 18.2 Å². The summed E-state index contributed by atoms with van der Waals surface area (Å²) in [5.41, 5.74) is 0.643. The Hall–Kier alpha value is -1.62. The van der Waals surface area contributed by atoms with Gasteiger partial charge in [-0.05, 0) is 23.6 Å². The first-order chi connectivity index (χ1) is 10.3. The summed E-state index contributed by atoms with van der Waals surface area (Å²) in [5.74, 6) is 0.540. The minimum atomic E-state index is -0.260. The predicted octanol–water partition coefficient (Wildman–Crippen LogP) is 2.57. The van der Waals surface area contributed by atoms with E-state index < -0.39 is 0 Å². The fourth-order valence-electron chi connectivity index (χ4n) is 2.70. The molecule has 1 amide bonds. The van der Waals surface area contributed by atoms with Crippen LogP contribution in [0, 0.1) is 11.2 Å². The molecule has 1 aliphatic heterocycles. The molecule has 5 heteroatoms. The molecule has 1 atom stereocenters. The molecule has 0 bridgehead atoms. The van der Waals surface area contributed by atoms with Gasteiger partial charge in [-0.15, -0.1) is 0 Å². The molecule has 1 unspecified atom stereocenters. The summed E-state index contributed by atoms with van der Waals surface area (Å²) in [4.78, 5) is 13.9. The number of hydrogen-bond donors (Lipinski definition) is 1. The van der Waals surface area contributed by atoms with E-state index in [0.29, 0.717) is 30.8 Å². The summed E-state index contributed by atoms with van der Waals surface area (Å²) in [6.45, 7) is 8.18.